The van der Waals surface area contributed by atoms with Gasteiger partial charge in [-0.2, -0.15) is 5.10 Å². The summed E-state index contributed by atoms with van der Waals surface area (Å²) in [6, 6.07) is 3.87. The molecule has 0 aliphatic heterocycles. The maximum absolute atomic E-state index is 5.83. The minimum atomic E-state index is 0.747. The molecule has 0 aromatic carbocycles. The van der Waals surface area contributed by atoms with Crippen LogP contribution >= 0.6 is 11.5 Å². The van der Waals surface area contributed by atoms with Gasteiger partial charge in [0.25, 0.3) is 0 Å². The largest absolute Gasteiger partial charge is 0.401 e. The second-order valence-electron chi connectivity index (χ2n) is 4.48. The molecule has 4 N–H and O–H groups in total. The Kier molecular flexibility index (Phi) is 6.04. The van der Waals surface area contributed by atoms with E-state index in [1.165, 1.54) is 11.5 Å². The van der Waals surface area contributed by atoms with Crippen LogP contribution < -0.4 is 16.4 Å². The molecule has 0 unspecified atom stereocenters. The lowest BCUT2D eigenvalue weighted by Gasteiger charge is -2.04. The molecular formula is C13H19N7S. The molecule has 7 nitrogen and oxygen atoms in total. The monoisotopic (exact) mass is 305 g/mol. The number of nitrogens with one attached hydrogen (secondary N) is 2. The second kappa shape index (κ2) is 8.28. The number of rotatable bonds is 8. The van der Waals surface area contributed by atoms with E-state index in [-0.39, 0.29) is 0 Å². The van der Waals surface area contributed by atoms with Gasteiger partial charge in [0, 0.05) is 43.2 Å². The third-order valence-electron chi connectivity index (χ3n) is 2.82. The van der Waals surface area contributed by atoms with Crippen LogP contribution in [0.3, 0.4) is 0 Å². The number of aromatic nitrogens is 4. The fraction of sp³-hybridized carbons (Fsp3) is 0.385. The maximum atomic E-state index is 5.83. The first-order valence-corrected chi connectivity index (χ1v) is 7.56. The van der Waals surface area contributed by atoms with Gasteiger partial charge in [0.1, 0.15) is 11.4 Å². The molecule has 0 aliphatic rings. The number of nitrogens with zero attached hydrogens (tertiary/aromatic N) is 4. The van der Waals surface area contributed by atoms with Crippen LogP contribution in [0.1, 0.15) is 12.1 Å². The van der Waals surface area contributed by atoms with E-state index in [9.17, 15) is 0 Å². The van der Waals surface area contributed by atoms with Crippen molar-refractivity contribution in [2.45, 2.75) is 12.8 Å². The average Bonchev–Trinajstić information content (AvgIpc) is 3.04. The van der Waals surface area contributed by atoms with Gasteiger partial charge in [-0.3, -0.25) is 0 Å². The van der Waals surface area contributed by atoms with Crippen molar-refractivity contribution in [3.8, 4) is 11.4 Å². The molecule has 21 heavy (non-hydrogen) atoms. The molecule has 8 heteroatoms. The van der Waals surface area contributed by atoms with Crippen molar-refractivity contribution in [3.05, 3.63) is 35.1 Å². The summed E-state index contributed by atoms with van der Waals surface area (Å²) in [6.45, 7) is 1.65. The predicted octanol–water partition coefficient (Wildman–Crippen LogP) is 0.537. The maximum Gasteiger partial charge on any atom is 0.126 e. The molecule has 0 radical (unpaired) electrons. The van der Waals surface area contributed by atoms with Crippen LogP contribution in [0, 0.1) is 0 Å². The normalized spacial score (nSPS) is 11.6. The molecule has 0 amide bonds. The molecule has 2 heterocycles. The summed E-state index contributed by atoms with van der Waals surface area (Å²) in [6.07, 6.45) is 3.47. The van der Waals surface area contributed by atoms with E-state index >= 15 is 0 Å². The van der Waals surface area contributed by atoms with E-state index in [0.29, 0.717) is 0 Å². The van der Waals surface area contributed by atoms with Crippen LogP contribution in [0.15, 0.2) is 29.4 Å². The smallest absolute Gasteiger partial charge is 0.126 e. The molecule has 0 bridgehead atoms. The molecule has 0 aliphatic carbocycles. The van der Waals surface area contributed by atoms with Gasteiger partial charge in [-0.05, 0) is 30.7 Å². The highest BCUT2D eigenvalue weighted by molar-refractivity contribution is 7.03. The van der Waals surface area contributed by atoms with E-state index in [0.717, 1.165) is 48.7 Å². The average molecular weight is 305 g/mol. The predicted molar refractivity (Wildman–Crippen MR) is 83.5 cm³/mol. The molecule has 0 spiro atoms. The van der Waals surface area contributed by atoms with Crippen molar-refractivity contribution < 1.29 is 0 Å². The summed E-state index contributed by atoms with van der Waals surface area (Å²) in [4.78, 5) is 0. The zero-order valence-corrected chi connectivity index (χ0v) is 12.7. The Morgan fingerprint density at radius 3 is 2.81 bits per heavy atom. The summed E-state index contributed by atoms with van der Waals surface area (Å²) in [5.41, 5.74) is 9.10. The number of hydrogen-bond acceptors (Lipinski definition) is 8. The van der Waals surface area contributed by atoms with Gasteiger partial charge in [-0.1, -0.05) is 4.49 Å². The van der Waals surface area contributed by atoms with Crippen LogP contribution in [0.5, 0.6) is 0 Å². The van der Waals surface area contributed by atoms with Crippen molar-refractivity contribution in [1.29, 1.82) is 0 Å². The van der Waals surface area contributed by atoms with E-state index in [2.05, 4.69) is 30.4 Å². The molecule has 0 saturated carbocycles. The van der Waals surface area contributed by atoms with Gasteiger partial charge < -0.3 is 16.4 Å². The fourth-order valence-electron chi connectivity index (χ4n) is 1.65. The quantitative estimate of drug-likeness (QED) is 0.612. The van der Waals surface area contributed by atoms with Crippen molar-refractivity contribution in [2.75, 3.05) is 20.1 Å². The first-order chi connectivity index (χ1) is 10.3. The Bertz CT molecular complexity index is 550. The van der Waals surface area contributed by atoms with Gasteiger partial charge in [0.05, 0.1) is 5.69 Å². The van der Waals surface area contributed by atoms with Gasteiger partial charge in [-0.15, -0.1) is 10.2 Å². The first kappa shape index (κ1) is 15.3. The molecule has 0 atom stereocenters. The van der Waals surface area contributed by atoms with Gasteiger partial charge in [0.2, 0.25) is 0 Å². The van der Waals surface area contributed by atoms with Crippen LogP contribution in [-0.2, 0) is 6.42 Å². The van der Waals surface area contributed by atoms with Crippen LogP contribution in [0.2, 0.25) is 0 Å². The van der Waals surface area contributed by atoms with E-state index in [4.69, 9.17) is 5.73 Å². The zero-order chi connectivity index (χ0) is 14.9. The lowest BCUT2D eigenvalue weighted by Crippen LogP contribution is -2.16. The van der Waals surface area contributed by atoms with Crippen molar-refractivity contribution in [2.24, 2.45) is 5.73 Å². The fourth-order valence-corrected chi connectivity index (χ4v) is 2.10. The van der Waals surface area contributed by atoms with E-state index in [1.807, 2.05) is 30.8 Å². The molecule has 2 aromatic rings. The Morgan fingerprint density at radius 1 is 1.24 bits per heavy atom. The Balaban J connectivity index is 1.76. The van der Waals surface area contributed by atoms with Crippen LogP contribution in [-0.4, -0.2) is 39.9 Å². The zero-order valence-electron chi connectivity index (χ0n) is 11.9. The third kappa shape index (κ3) is 5.09. The van der Waals surface area contributed by atoms with Gasteiger partial charge in [0.15, 0.2) is 0 Å². The van der Waals surface area contributed by atoms with E-state index < -0.39 is 0 Å². The molecule has 0 fully saturated rings. The standard InChI is InChI=1S/C13H19N7S/c1-15-6-4-10(14)8-16-7-5-11-2-3-12(18-17-11)13-9-21-20-19-13/h2-3,8-9,15-16H,4-7,14H2,1H3/b10-8-. The summed E-state index contributed by atoms with van der Waals surface area (Å²) in [5.74, 6) is 0. The summed E-state index contributed by atoms with van der Waals surface area (Å²) in [7, 11) is 1.91. The highest BCUT2D eigenvalue weighted by Crippen LogP contribution is 2.13. The minimum Gasteiger partial charge on any atom is -0.401 e. The third-order valence-corrected chi connectivity index (χ3v) is 3.32. The van der Waals surface area contributed by atoms with Crippen LogP contribution in [0.25, 0.3) is 11.4 Å². The van der Waals surface area contributed by atoms with Gasteiger partial charge >= 0.3 is 0 Å². The second-order valence-corrected chi connectivity index (χ2v) is 5.09. The van der Waals surface area contributed by atoms with Crippen molar-refractivity contribution >= 4 is 11.5 Å². The van der Waals surface area contributed by atoms with Crippen LogP contribution in [0.4, 0.5) is 0 Å². The Labute approximate surface area is 127 Å². The number of nitrogens with two attached hydrogens (primary N) is 1. The lowest BCUT2D eigenvalue weighted by molar-refractivity contribution is 0.753. The van der Waals surface area contributed by atoms with Crippen molar-refractivity contribution in [3.63, 3.8) is 0 Å². The molecular weight excluding hydrogens is 286 g/mol. The molecule has 0 saturated heterocycles. The Morgan fingerprint density at radius 2 is 2.14 bits per heavy atom. The molecule has 112 valence electrons. The topological polar surface area (TPSA) is 102 Å². The SMILES string of the molecule is CNCC/C(N)=C/NCCc1ccc(-c2csnn2)nn1. The minimum absolute atomic E-state index is 0.747. The van der Waals surface area contributed by atoms with Crippen molar-refractivity contribution in [1.82, 2.24) is 30.4 Å². The summed E-state index contributed by atoms with van der Waals surface area (Å²) < 4.78 is 3.81. The highest BCUT2D eigenvalue weighted by atomic mass is 32.1. The molecule has 2 aromatic heterocycles. The lowest BCUT2D eigenvalue weighted by atomic mass is 10.2. The highest BCUT2D eigenvalue weighted by Gasteiger charge is 2.03. The molecule has 2 rings (SSSR count). The Hall–Kier alpha value is -2.06. The van der Waals surface area contributed by atoms with E-state index in [1.54, 1.807) is 0 Å². The summed E-state index contributed by atoms with van der Waals surface area (Å²) >= 11 is 1.30. The van der Waals surface area contributed by atoms with Gasteiger partial charge in [-0.25, -0.2) is 0 Å². The first-order valence-electron chi connectivity index (χ1n) is 6.72. The summed E-state index contributed by atoms with van der Waals surface area (Å²) in [5, 5.41) is 20.4. The number of hydrogen-bond donors (Lipinski definition) is 3.